The number of benzene rings is 10. The van der Waals surface area contributed by atoms with E-state index in [9.17, 15) is 23.6 Å². The van der Waals surface area contributed by atoms with Gasteiger partial charge < -0.3 is 75.8 Å². The molecule has 0 bridgehead atoms. The van der Waals surface area contributed by atoms with Gasteiger partial charge in [-0.05, 0) is 69.8 Å². The SMILES string of the molecule is CO[C@H]1O[C@H](COC(=O)c2ccccc2)[C@@H](O[C@H]2O[C@H](COC(=O)c3c(F)c(F)c(F)c(F)c3F)[C@@H](O[C@H]3O[C@H](COCc4ccccc4)[C@@H](OCc4ccccc4)[C@H](OCc4ccccc4)[C@@H]3OCc3ccccc3)[C@H](OCc3ccccc3)[C@@H]2OCc2ccccc2)[C@H](OC(=O)c2ccccc2)[C@@H]1OC(=O)c1ccccc1. The average Bonchev–Trinajstić information content (AvgIpc) is 0.760. The fourth-order valence-corrected chi connectivity index (χ4v) is 13.3. The Labute approximate surface area is 654 Å². The summed E-state index contributed by atoms with van der Waals surface area (Å²) in [5.74, 6) is -17.3. The van der Waals surface area contributed by atoms with E-state index in [1.807, 2.05) is 121 Å². The monoisotopic (exact) mass is 1560 g/mol. The van der Waals surface area contributed by atoms with Crippen LogP contribution in [0.2, 0.25) is 0 Å². The Balaban J connectivity index is 0.982. The zero-order chi connectivity index (χ0) is 79.1. The van der Waals surface area contributed by atoms with Crippen LogP contribution < -0.4 is 0 Å². The lowest BCUT2D eigenvalue weighted by atomic mass is 9.94. The van der Waals surface area contributed by atoms with Crippen LogP contribution in [0, 0.1) is 29.1 Å². The molecule has 3 aliphatic rings. The molecule has 0 unspecified atom stereocenters. The van der Waals surface area contributed by atoms with Crippen LogP contribution >= 0.6 is 0 Å². The van der Waals surface area contributed by atoms with Crippen molar-refractivity contribution in [2.75, 3.05) is 26.9 Å². The molecule has 0 spiro atoms. The summed E-state index contributed by atoms with van der Waals surface area (Å²) in [5, 5.41) is 0. The molecule has 10 aromatic carbocycles. The summed E-state index contributed by atoms with van der Waals surface area (Å²) in [6, 6.07) is 78.2. The fourth-order valence-electron chi connectivity index (χ4n) is 13.3. The van der Waals surface area contributed by atoms with Gasteiger partial charge in [-0.25, -0.2) is 41.1 Å². The standard InChI is InChI=1S/C89H81F5O20/c1-99-87-82(112-85(97)64-45-27-10-28-46-64)79(111-84(96)63-43-25-9-26-44-63)76(67(108-87)54-106-83(95)62-41-23-8-24-42-62)114-89-81(105-52-61-39-21-7-22-40-61)78(103-50-59-35-17-5-18-36-59)75(66(110-89)55-107-86(98)68-69(90)71(92)73(94)72(93)70(68)91)113-88-80(104-51-60-37-19-6-20-38-60)77(102-49-58-33-15-4-16-34-58)74(101-48-57-31-13-3-14-32-57)65(109-88)53-100-47-56-29-11-2-12-30-56/h2-46,65-67,74-82,87-89H,47-55H2,1H3/t65-,66-,67-,74-,75-,76-,77+,78+,79+,80+,81+,82+,87+,88-,89-/m1/s1. The Kier molecular flexibility index (Phi) is 28.7. The highest BCUT2D eigenvalue weighted by Crippen LogP contribution is 2.40. The second kappa shape index (κ2) is 40.3. The molecule has 3 heterocycles. The zero-order valence-corrected chi connectivity index (χ0v) is 61.6. The van der Waals surface area contributed by atoms with Gasteiger partial charge in [0.25, 0.3) is 0 Å². The molecule has 25 heteroatoms. The summed E-state index contributed by atoms with van der Waals surface area (Å²) in [5.41, 5.74) is 2.33. The van der Waals surface area contributed by atoms with Crippen molar-refractivity contribution in [2.45, 2.75) is 132 Å². The molecule has 0 aromatic heterocycles. The van der Waals surface area contributed by atoms with Gasteiger partial charge in [0.2, 0.25) is 5.82 Å². The first-order valence-corrected chi connectivity index (χ1v) is 36.9. The molecule has 0 aliphatic carbocycles. The highest BCUT2D eigenvalue weighted by Gasteiger charge is 2.59. The van der Waals surface area contributed by atoms with Crippen molar-refractivity contribution in [2.24, 2.45) is 0 Å². The highest BCUT2D eigenvalue weighted by atomic mass is 19.2. The highest BCUT2D eigenvalue weighted by molar-refractivity contribution is 5.91. The number of hydrogen-bond acceptors (Lipinski definition) is 20. The molecule has 0 radical (unpaired) electrons. The molecular formula is C89H81F5O20. The molecular weight excluding hydrogens is 1480 g/mol. The van der Waals surface area contributed by atoms with E-state index in [1.54, 1.807) is 115 Å². The molecule has 3 fully saturated rings. The minimum atomic E-state index is -2.55. The van der Waals surface area contributed by atoms with Crippen molar-refractivity contribution in [1.82, 2.24) is 0 Å². The van der Waals surface area contributed by atoms with Gasteiger partial charge in [-0.15, -0.1) is 0 Å². The van der Waals surface area contributed by atoms with Gasteiger partial charge in [-0.1, -0.05) is 237 Å². The molecule has 20 nitrogen and oxygen atoms in total. The van der Waals surface area contributed by atoms with E-state index in [2.05, 4.69) is 0 Å². The minimum Gasteiger partial charge on any atom is -0.459 e. The van der Waals surface area contributed by atoms with E-state index in [-0.39, 0.29) is 62.9 Å². The predicted molar refractivity (Wildman–Crippen MR) is 398 cm³/mol. The first-order valence-electron chi connectivity index (χ1n) is 36.9. The van der Waals surface area contributed by atoms with Crippen LogP contribution in [-0.4, -0.2) is 143 Å². The maximum Gasteiger partial charge on any atom is 0.344 e. The molecule has 114 heavy (non-hydrogen) atoms. The van der Waals surface area contributed by atoms with Crippen LogP contribution in [0.25, 0.3) is 0 Å². The van der Waals surface area contributed by atoms with Crippen LogP contribution in [0.4, 0.5) is 22.0 Å². The Hall–Kier alpha value is -10.8. The van der Waals surface area contributed by atoms with Gasteiger partial charge >= 0.3 is 23.9 Å². The van der Waals surface area contributed by atoms with Gasteiger partial charge in [0.05, 0.1) is 62.9 Å². The molecule has 15 atom stereocenters. The summed E-state index contributed by atoms with van der Waals surface area (Å²) in [4.78, 5) is 58.2. The number of esters is 4. The second-order valence-corrected chi connectivity index (χ2v) is 26.9. The number of halogens is 5. The summed E-state index contributed by atoms with van der Waals surface area (Å²) < 4.78 is 186. The van der Waals surface area contributed by atoms with E-state index in [0.29, 0.717) is 16.7 Å². The number of rotatable bonds is 34. The van der Waals surface area contributed by atoms with Crippen LogP contribution in [-0.2, 0) is 115 Å². The Morgan fingerprint density at radius 3 is 0.939 bits per heavy atom. The lowest BCUT2D eigenvalue weighted by molar-refractivity contribution is -0.390. The van der Waals surface area contributed by atoms with Crippen molar-refractivity contribution < 1.29 is 117 Å². The minimum absolute atomic E-state index is 0.00249. The van der Waals surface area contributed by atoms with Gasteiger partial charge in [-0.2, -0.15) is 0 Å². The fraction of sp³-hybridized carbons (Fsp3) is 0.281. The van der Waals surface area contributed by atoms with E-state index in [4.69, 9.17) is 75.8 Å². The third-order valence-corrected chi connectivity index (χ3v) is 19.1. The summed E-state index contributed by atoms with van der Waals surface area (Å²) in [6.07, 6.45) is -24.5. The molecule has 3 aliphatic heterocycles. The largest absolute Gasteiger partial charge is 0.459 e. The molecule has 10 aromatic rings. The van der Waals surface area contributed by atoms with Crippen LogP contribution in [0.15, 0.2) is 273 Å². The lowest BCUT2D eigenvalue weighted by Crippen LogP contribution is -2.68. The molecule has 592 valence electrons. The predicted octanol–water partition coefficient (Wildman–Crippen LogP) is 14.6. The lowest BCUT2D eigenvalue weighted by Gasteiger charge is -2.51. The number of carbonyl (C=O) groups is 4. The number of ether oxygens (including phenoxy) is 16. The van der Waals surface area contributed by atoms with Crippen molar-refractivity contribution in [1.29, 1.82) is 0 Å². The maximum atomic E-state index is 16.0. The maximum absolute atomic E-state index is 16.0. The van der Waals surface area contributed by atoms with Crippen LogP contribution in [0.5, 0.6) is 0 Å². The zero-order valence-electron chi connectivity index (χ0n) is 61.6. The summed E-state index contributed by atoms with van der Waals surface area (Å²) >= 11 is 0. The first kappa shape index (κ1) is 81.3. The number of carbonyl (C=O) groups excluding carboxylic acids is 4. The van der Waals surface area contributed by atoms with E-state index in [0.717, 1.165) is 16.7 Å². The van der Waals surface area contributed by atoms with E-state index >= 15 is 17.6 Å². The third-order valence-electron chi connectivity index (χ3n) is 19.1. The average molecular weight is 1570 g/mol. The Bertz CT molecular complexity index is 4650. The normalized spacial score (nSPS) is 23.4. The number of hydrogen-bond donors (Lipinski definition) is 0. The van der Waals surface area contributed by atoms with E-state index in [1.165, 1.54) is 43.5 Å². The second-order valence-electron chi connectivity index (χ2n) is 26.9. The van der Waals surface area contributed by atoms with Gasteiger partial charge in [-0.3, -0.25) is 0 Å². The molecule has 0 amide bonds. The van der Waals surface area contributed by atoms with Gasteiger partial charge in [0.1, 0.15) is 79.8 Å². The van der Waals surface area contributed by atoms with Gasteiger partial charge in [0, 0.05) is 7.11 Å². The van der Waals surface area contributed by atoms with Crippen molar-refractivity contribution >= 4 is 23.9 Å². The van der Waals surface area contributed by atoms with Crippen LogP contribution in [0.3, 0.4) is 0 Å². The topological polar surface area (TPSA) is 216 Å². The third kappa shape index (κ3) is 21.0. The van der Waals surface area contributed by atoms with Gasteiger partial charge in [0.15, 0.2) is 54.3 Å². The van der Waals surface area contributed by atoms with E-state index < -0.39 is 164 Å². The molecule has 3 saturated heterocycles. The number of methoxy groups -OCH3 is 1. The van der Waals surface area contributed by atoms with Crippen molar-refractivity contribution in [3.63, 3.8) is 0 Å². The quantitative estimate of drug-likeness (QED) is 0.0120. The molecule has 13 rings (SSSR count). The van der Waals surface area contributed by atoms with Crippen molar-refractivity contribution in [3.8, 4) is 0 Å². The van der Waals surface area contributed by atoms with Crippen molar-refractivity contribution in [3.05, 3.63) is 358 Å². The van der Waals surface area contributed by atoms with Crippen LogP contribution in [0.1, 0.15) is 74.8 Å². The first-order chi connectivity index (χ1) is 55.7. The Morgan fingerprint density at radius 2 is 0.561 bits per heavy atom. The summed E-state index contributed by atoms with van der Waals surface area (Å²) in [7, 11) is 1.23. The Morgan fingerprint density at radius 1 is 0.281 bits per heavy atom. The molecule has 0 saturated carbocycles. The molecule has 0 N–H and O–H groups in total. The smallest absolute Gasteiger partial charge is 0.344 e. The summed E-state index contributed by atoms with van der Waals surface area (Å²) in [6.45, 7) is -2.80.